The molecule has 0 atom stereocenters. The van der Waals surface area contributed by atoms with Crippen molar-refractivity contribution in [3.8, 4) is 22.9 Å². The Bertz CT molecular complexity index is 1310. The maximum atomic E-state index is 13.0. The molecule has 35 heavy (non-hydrogen) atoms. The van der Waals surface area contributed by atoms with Crippen LogP contribution in [0.4, 0.5) is 18.9 Å². The van der Waals surface area contributed by atoms with E-state index in [1.807, 2.05) is 0 Å². The van der Waals surface area contributed by atoms with E-state index in [4.69, 9.17) is 21.4 Å². The first-order chi connectivity index (χ1) is 16.6. The fraction of sp³-hybridized carbons (Fsp3) is 0.167. The number of pyridine rings is 1. The van der Waals surface area contributed by atoms with E-state index in [0.717, 1.165) is 6.20 Å². The van der Waals surface area contributed by atoms with E-state index >= 15 is 0 Å². The van der Waals surface area contributed by atoms with Crippen LogP contribution in [-0.2, 0) is 11.0 Å². The van der Waals surface area contributed by atoms with Gasteiger partial charge in [0.05, 0.1) is 36.9 Å². The Morgan fingerprint density at radius 2 is 1.89 bits per heavy atom. The van der Waals surface area contributed by atoms with E-state index in [1.54, 1.807) is 30.3 Å². The Kier molecular flexibility index (Phi) is 7.94. The van der Waals surface area contributed by atoms with Gasteiger partial charge in [0.1, 0.15) is 11.4 Å². The zero-order chi connectivity index (χ0) is 25.6. The quantitative estimate of drug-likeness (QED) is 0.374. The minimum Gasteiger partial charge on any atom is -0.491 e. The van der Waals surface area contributed by atoms with E-state index in [-0.39, 0.29) is 52.6 Å². The second kappa shape index (κ2) is 10.9. The molecule has 2 N–H and O–H groups in total. The van der Waals surface area contributed by atoms with E-state index in [0.29, 0.717) is 17.5 Å². The number of carbonyl (C=O) groups excluding carboxylic acids is 1. The van der Waals surface area contributed by atoms with Gasteiger partial charge in [-0.2, -0.15) is 18.4 Å². The van der Waals surface area contributed by atoms with Gasteiger partial charge in [-0.3, -0.25) is 14.6 Å². The number of hydrogen-bond acceptors (Lipinski definition) is 6. The number of ether oxygens (including phenoxy) is 1. The van der Waals surface area contributed by atoms with Crippen LogP contribution in [0.5, 0.6) is 5.75 Å². The highest BCUT2D eigenvalue weighted by Crippen LogP contribution is 2.34. The molecule has 2 aromatic carbocycles. The lowest BCUT2D eigenvalue weighted by Gasteiger charge is -2.13. The summed E-state index contributed by atoms with van der Waals surface area (Å²) in [6.07, 6.45) is -4.00. The Morgan fingerprint density at radius 1 is 1.14 bits per heavy atom. The average Bonchev–Trinajstić information content (AvgIpc) is 2.82. The second-order valence-electron chi connectivity index (χ2n) is 7.18. The van der Waals surface area contributed by atoms with E-state index in [1.165, 1.54) is 18.2 Å². The van der Waals surface area contributed by atoms with Crippen LogP contribution in [0.3, 0.4) is 0 Å². The van der Waals surface area contributed by atoms with Gasteiger partial charge in [-0.15, -0.1) is 0 Å². The average molecular weight is 504 g/mol. The van der Waals surface area contributed by atoms with Crippen LogP contribution >= 0.6 is 11.6 Å². The second-order valence-corrected chi connectivity index (χ2v) is 7.59. The van der Waals surface area contributed by atoms with Crippen LogP contribution in [0.2, 0.25) is 5.02 Å². The summed E-state index contributed by atoms with van der Waals surface area (Å²) in [7, 11) is 0. The molecule has 180 valence electrons. The molecular weight excluding hydrogens is 487 g/mol. The number of nitrogens with one attached hydrogen (secondary N) is 1. The van der Waals surface area contributed by atoms with Crippen LogP contribution in [0.15, 0.2) is 54.7 Å². The number of rotatable bonds is 9. The zero-order valence-corrected chi connectivity index (χ0v) is 18.7. The fourth-order valence-corrected chi connectivity index (χ4v) is 3.31. The van der Waals surface area contributed by atoms with Gasteiger partial charge >= 0.3 is 12.1 Å². The van der Waals surface area contributed by atoms with Crippen LogP contribution in [0, 0.1) is 11.3 Å². The van der Waals surface area contributed by atoms with Gasteiger partial charge < -0.3 is 15.2 Å². The molecule has 0 spiro atoms. The number of nitriles is 1. The van der Waals surface area contributed by atoms with E-state index in [2.05, 4.69) is 10.3 Å². The Labute approximate surface area is 202 Å². The minimum absolute atomic E-state index is 0.0507. The van der Waals surface area contributed by atoms with Crippen molar-refractivity contribution in [2.24, 2.45) is 0 Å². The van der Waals surface area contributed by atoms with Crippen LogP contribution in [-0.4, -0.2) is 35.0 Å². The molecule has 0 radical (unpaired) electrons. The largest absolute Gasteiger partial charge is 0.491 e. The summed E-state index contributed by atoms with van der Waals surface area (Å²) in [6, 6.07) is 13.3. The standard InChI is InChI=1S/C24H17ClF3N3O4/c25-18-6-5-14(9-16(18)17-12-31-22(24(26,27)28)10-15(17)11-29)20(32)13-30-19-3-1-2-4-21(19)35-8-7-23(33)34/h1-6,9-10,12,30H,7-8,13H2,(H,33,34). The molecule has 0 bridgehead atoms. The summed E-state index contributed by atoms with van der Waals surface area (Å²) >= 11 is 6.21. The summed E-state index contributed by atoms with van der Waals surface area (Å²) in [5.41, 5.74) is -0.582. The molecule has 1 heterocycles. The number of para-hydroxylation sites is 2. The van der Waals surface area contributed by atoms with E-state index < -0.39 is 17.8 Å². The lowest BCUT2D eigenvalue weighted by Crippen LogP contribution is -2.15. The lowest BCUT2D eigenvalue weighted by atomic mass is 9.98. The number of aliphatic carboxylic acids is 1. The number of carboxylic acid groups (broad SMARTS) is 1. The van der Waals surface area contributed by atoms with E-state index in [9.17, 15) is 28.0 Å². The molecule has 0 aliphatic heterocycles. The normalized spacial score (nSPS) is 10.9. The number of alkyl halides is 3. The number of anilines is 1. The maximum absolute atomic E-state index is 13.0. The van der Waals surface area contributed by atoms with Crippen molar-refractivity contribution in [3.05, 3.63) is 76.6 Å². The highest BCUT2D eigenvalue weighted by atomic mass is 35.5. The third-order valence-corrected chi connectivity index (χ3v) is 5.12. The number of carbonyl (C=O) groups is 2. The molecule has 0 unspecified atom stereocenters. The molecule has 0 amide bonds. The number of halogens is 4. The smallest absolute Gasteiger partial charge is 0.433 e. The number of Topliss-reactive ketones (excluding diaryl/α,β-unsaturated/α-hetero) is 1. The molecule has 0 fully saturated rings. The van der Waals surface area contributed by atoms with Gasteiger partial charge in [0, 0.05) is 27.9 Å². The SMILES string of the molecule is N#Cc1cc(C(F)(F)F)ncc1-c1cc(C(=O)CNc2ccccc2OCCC(=O)O)ccc1Cl. The van der Waals surface area contributed by atoms with Crippen molar-refractivity contribution >= 4 is 29.0 Å². The molecule has 0 saturated carbocycles. The van der Waals surface area contributed by atoms with Crippen molar-refractivity contribution in [1.29, 1.82) is 5.26 Å². The van der Waals surface area contributed by atoms with Crippen molar-refractivity contribution in [1.82, 2.24) is 4.98 Å². The highest BCUT2D eigenvalue weighted by Gasteiger charge is 2.33. The molecular formula is C24H17ClF3N3O4. The molecule has 0 saturated heterocycles. The molecule has 1 aromatic heterocycles. The number of ketones is 1. The Morgan fingerprint density at radius 3 is 2.57 bits per heavy atom. The molecule has 3 aromatic rings. The summed E-state index contributed by atoms with van der Waals surface area (Å²) in [6.45, 7) is -0.221. The molecule has 3 rings (SSSR count). The van der Waals surface area contributed by atoms with Gasteiger partial charge in [0.2, 0.25) is 0 Å². The first kappa shape index (κ1) is 25.5. The number of hydrogen-bond donors (Lipinski definition) is 2. The van der Waals surface area contributed by atoms with Gasteiger partial charge in [-0.25, -0.2) is 0 Å². The summed E-state index contributed by atoms with van der Waals surface area (Å²) < 4.78 is 44.3. The fourth-order valence-electron chi connectivity index (χ4n) is 3.09. The van der Waals surface area contributed by atoms with Crippen LogP contribution in [0.1, 0.15) is 28.0 Å². The Hall–Kier alpha value is -4.10. The molecule has 0 aliphatic carbocycles. The van der Waals surface area contributed by atoms with Crippen molar-refractivity contribution in [3.63, 3.8) is 0 Å². The number of aromatic nitrogens is 1. The van der Waals surface area contributed by atoms with Crippen molar-refractivity contribution in [2.45, 2.75) is 12.6 Å². The topological polar surface area (TPSA) is 112 Å². The third-order valence-electron chi connectivity index (χ3n) is 4.79. The third kappa shape index (κ3) is 6.49. The van der Waals surface area contributed by atoms with Crippen molar-refractivity contribution < 1.29 is 32.6 Å². The summed E-state index contributed by atoms with van der Waals surface area (Å²) in [4.78, 5) is 26.9. The summed E-state index contributed by atoms with van der Waals surface area (Å²) in [5.74, 6) is -1.01. The lowest BCUT2D eigenvalue weighted by molar-refractivity contribution is -0.141. The first-order valence-corrected chi connectivity index (χ1v) is 10.5. The molecule has 7 nitrogen and oxygen atoms in total. The minimum atomic E-state index is -4.72. The zero-order valence-electron chi connectivity index (χ0n) is 17.9. The number of benzene rings is 2. The first-order valence-electron chi connectivity index (χ1n) is 10.1. The number of nitrogens with zero attached hydrogens (tertiary/aromatic N) is 2. The highest BCUT2D eigenvalue weighted by molar-refractivity contribution is 6.33. The van der Waals surface area contributed by atoms with Crippen LogP contribution < -0.4 is 10.1 Å². The van der Waals surface area contributed by atoms with Crippen LogP contribution in [0.25, 0.3) is 11.1 Å². The molecule has 11 heteroatoms. The summed E-state index contributed by atoms with van der Waals surface area (Å²) in [5, 5.41) is 21.2. The van der Waals surface area contributed by atoms with Gasteiger partial charge in [0.25, 0.3) is 0 Å². The predicted molar refractivity (Wildman–Crippen MR) is 121 cm³/mol. The predicted octanol–water partition coefficient (Wildman–Crippen LogP) is 5.44. The van der Waals surface area contributed by atoms with Gasteiger partial charge in [-0.1, -0.05) is 23.7 Å². The molecule has 0 aliphatic rings. The maximum Gasteiger partial charge on any atom is 0.433 e. The Balaban J connectivity index is 1.81. The van der Waals surface area contributed by atoms with Gasteiger partial charge in [0.15, 0.2) is 5.78 Å². The van der Waals surface area contributed by atoms with Gasteiger partial charge in [-0.05, 0) is 36.4 Å². The monoisotopic (exact) mass is 503 g/mol. The number of carboxylic acids is 1. The van der Waals surface area contributed by atoms with Crippen molar-refractivity contribution in [2.75, 3.05) is 18.5 Å².